The van der Waals surface area contributed by atoms with Crippen LogP contribution in [0.4, 0.5) is 13.2 Å². The number of rotatable bonds is 3. The number of halogens is 3. The Morgan fingerprint density at radius 1 is 1.17 bits per heavy atom. The van der Waals surface area contributed by atoms with Crippen LogP contribution in [0.3, 0.4) is 0 Å². The summed E-state index contributed by atoms with van der Waals surface area (Å²) in [5, 5.41) is 18.2. The maximum Gasteiger partial charge on any atom is 0.492 e. The monoisotopic (exact) mass is 278 g/mol. The van der Waals surface area contributed by atoms with Crippen molar-refractivity contribution in [3.63, 3.8) is 0 Å². The fraction of sp³-hybridized carbons (Fsp3) is 0.400. The molecule has 2 N–H and O–H groups in total. The van der Waals surface area contributed by atoms with E-state index >= 15 is 0 Å². The average Bonchev–Trinajstić information content (AvgIpc) is 2.12. The van der Waals surface area contributed by atoms with Gasteiger partial charge in [0.25, 0.3) is 0 Å². The number of hydrogen-bond acceptors (Lipinski definition) is 3. The molecule has 100 valence electrons. The Balaban J connectivity index is 3.25. The van der Waals surface area contributed by atoms with Crippen LogP contribution < -0.4 is 9.89 Å². The molecular formula is C10H14BF3O3Si. The van der Waals surface area contributed by atoms with Gasteiger partial charge in [0, 0.05) is 5.46 Å². The summed E-state index contributed by atoms with van der Waals surface area (Å²) in [5.41, 5.74) is -0.939. The summed E-state index contributed by atoms with van der Waals surface area (Å²) in [5.74, 6) is -0.126. The van der Waals surface area contributed by atoms with Gasteiger partial charge in [-0.05, 0) is 25.7 Å². The Morgan fingerprint density at radius 2 is 1.72 bits per heavy atom. The lowest BCUT2D eigenvalue weighted by molar-refractivity contribution is -0.137. The van der Waals surface area contributed by atoms with Gasteiger partial charge >= 0.3 is 13.3 Å². The van der Waals surface area contributed by atoms with Crippen molar-refractivity contribution in [3.8, 4) is 5.75 Å². The first-order valence-electron chi connectivity index (χ1n) is 5.27. The molecule has 1 aromatic rings. The molecule has 1 rings (SSSR count). The standard InChI is InChI=1S/C10H14BF3O3Si/c1-18(2,3)17-9-6-7(10(12,13)14)4-5-8(9)11(15)16/h4-6,15-16H,1-3H3. The van der Waals surface area contributed by atoms with Gasteiger partial charge in [-0.15, -0.1) is 0 Å². The maximum atomic E-state index is 12.6. The van der Waals surface area contributed by atoms with Gasteiger partial charge in [0.05, 0.1) is 5.56 Å². The highest BCUT2D eigenvalue weighted by atomic mass is 28.4. The van der Waals surface area contributed by atoms with Crippen LogP contribution in [0, 0.1) is 0 Å². The molecule has 0 atom stereocenters. The molecule has 0 unspecified atom stereocenters. The quantitative estimate of drug-likeness (QED) is 0.826. The Morgan fingerprint density at radius 3 is 2.11 bits per heavy atom. The van der Waals surface area contributed by atoms with Crippen molar-refractivity contribution in [2.45, 2.75) is 25.8 Å². The van der Waals surface area contributed by atoms with E-state index in [4.69, 9.17) is 14.5 Å². The predicted octanol–water partition coefficient (Wildman–Crippen LogP) is 1.60. The van der Waals surface area contributed by atoms with E-state index in [-0.39, 0.29) is 11.2 Å². The normalized spacial score (nSPS) is 12.4. The molecule has 0 saturated carbocycles. The molecule has 0 aromatic heterocycles. The Labute approximate surface area is 104 Å². The topological polar surface area (TPSA) is 49.7 Å². The SMILES string of the molecule is C[Si](C)(C)Oc1cc(C(F)(F)F)ccc1B(O)O. The van der Waals surface area contributed by atoms with Crippen molar-refractivity contribution in [2.75, 3.05) is 0 Å². The second-order valence-electron chi connectivity index (χ2n) is 4.84. The van der Waals surface area contributed by atoms with Gasteiger partial charge < -0.3 is 14.5 Å². The number of benzene rings is 1. The minimum Gasteiger partial charge on any atom is -0.545 e. The summed E-state index contributed by atoms with van der Waals surface area (Å²) >= 11 is 0. The summed E-state index contributed by atoms with van der Waals surface area (Å²) in [6.45, 7) is 5.38. The van der Waals surface area contributed by atoms with Crippen LogP contribution in [0.25, 0.3) is 0 Å². The largest absolute Gasteiger partial charge is 0.545 e. The van der Waals surface area contributed by atoms with E-state index in [1.807, 2.05) is 0 Å². The third-order valence-corrected chi connectivity index (χ3v) is 2.87. The molecule has 0 amide bonds. The van der Waals surface area contributed by atoms with Crippen molar-refractivity contribution in [3.05, 3.63) is 23.8 Å². The van der Waals surface area contributed by atoms with E-state index in [2.05, 4.69) is 0 Å². The third kappa shape index (κ3) is 4.04. The summed E-state index contributed by atoms with van der Waals surface area (Å²) in [7, 11) is -4.01. The lowest BCUT2D eigenvalue weighted by Crippen LogP contribution is -2.37. The van der Waals surface area contributed by atoms with E-state index in [1.165, 1.54) is 0 Å². The number of alkyl halides is 3. The molecule has 0 bridgehead atoms. The zero-order chi connectivity index (χ0) is 14.1. The van der Waals surface area contributed by atoms with Crippen molar-refractivity contribution in [1.29, 1.82) is 0 Å². The summed E-state index contributed by atoms with van der Waals surface area (Å²) in [4.78, 5) is 0. The van der Waals surface area contributed by atoms with Gasteiger partial charge in [-0.1, -0.05) is 12.1 Å². The second-order valence-corrected chi connectivity index (χ2v) is 9.27. The van der Waals surface area contributed by atoms with Crippen LogP contribution in [-0.4, -0.2) is 25.5 Å². The highest BCUT2D eigenvalue weighted by Crippen LogP contribution is 2.31. The maximum absolute atomic E-state index is 12.6. The molecule has 0 radical (unpaired) electrons. The van der Waals surface area contributed by atoms with Gasteiger partial charge in [-0.25, -0.2) is 0 Å². The van der Waals surface area contributed by atoms with Crippen molar-refractivity contribution in [2.24, 2.45) is 0 Å². The summed E-state index contributed by atoms with van der Waals surface area (Å²) in [6, 6.07) is 2.61. The van der Waals surface area contributed by atoms with Crippen molar-refractivity contribution < 1.29 is 27.6 Å². The fourth-order valence-electron chi connectivity index (χ4n) is 1.34. The molecule has 1 aromatic carbocycles. The second kappa shape index (κ2) is 4.95. The van der Waals surface area contributed by atoms with E-state index in [9.17, 15) is 13.2 Å². The smallest absolute Gasteiger partial charge is 0.492 e. The van der Waals surface area contributed by atoms with Gasteiger partial charge in [-0.3, -0.25) is 0 Å². The van der Waals surface area contributed by atoms with Crippen molar-refractivity contribution >= 4 is 20.9 Å². The summed E-state index contributed by atoms with van der Waals surface area (Å²) in [6.07, 6.45) is -4.49. The Bertz CT molecular complexity index is 429. The molecule has 0 fully saturated rings. The van der Waals surface area contributed by atoms with Crippen LogP contribution in [0.5, 0.6) is 5.75 Å². The average molecular weight is 278 g/mol. The van der Waals surface area contributed by atoms with E-state index in [1.54, 1.807) is 19.6 Å². The van der Waals surface area contributed by atoms with Crippen LogP contribution in [-0.2, 0) is 6.18 Å². The van der Waals surface area contributed by atoms with E-state index in [0.717, 1.165) is 18.2 Å². The fourth-order valence-corrected chi connectivity index (χ4v) is 2.18. The zero-order valence-corrected chi connectivity index (χ0v) is 11.2. The van der Waals surface area contributed by atoms with Gasteiger partial charge in [0.2, 0.25) is 8.32 Å². The van der Waals surface area contributed by atoms with Crippen LogP contribution >= 0.6 is 0 Å². The van der Waals surface area contributed by atoms with Crippen LogP contribution in [0.1, 0.15) is 5.56 Å². The lowest BCUT2D eigenvalue weighted by Gasteiger charge is -2.22. The van der Waals surface area contributed by atoms with Gasteiger partial charge in [0.15, 0.2) is 0 Å². The van der Waals surface area contributed by atoms with E-state index < -0.39 is 27.2 Å². The first-order valence-corrected chi connectivity index (χ1v) is 8.68. The predicted molar refractivity (Wildman–Crippen MR) is 65.2 cm³/mol. The highest BCUT2D eigenvalue weighted by Gasteiger charge is 2.33. The van der Waals surface area contributed by atoms with Gasteiger partial charge in [-0.2, -0.15) is 13.2 Å². The Hall–Kier alpha value is -0.988. The molecule has 0 saturated heterocycles. The molecule has 8 heteroatoms. The molecule has 0 aliphatic rings. The first-order chi connectivity index (χ1) is 8.00. The molecule has 18 heavy (non-hydrogen) atoms. The Kier molecular flexibility index (Phi) is 4.14. The zero-order valence-electron chi connectivity index (χ0n) is 10.2. The first kappa shape index (κ1) is 15.1. The van der Waals surface area contributed by atoms with E-state index in [0.29, 0.717) is 0 Å². The molecule has 3 nitrogen and oxygen atoms in total. The minimum absolute atomic E-state index is 0.0644. The van der Waals surface area contributed by atoms with Crippen LogP contribution in [0.15, 0.2) is 18.2 Å². The minimum atomic E-state index is -4.49. The molecular weight excluding hydrogens is 264 g/mol. The van der Waals surface area contributed by atoms with Crippen LogP contribution in [0.2, 0.25) is 19.6 Å². The molecule has 0 spiro atoms. The lowest BCUT2D eigenvalue weighted by atomic mass is 9.79. The third-order valence-electron chi connectivity index (χ3n) is 2.04. The highest BCUT2D eigenvalue weighted by molar-refractivity contribution is 6.71. The van der Waals surface area contributed by atoms with Gasteiger partial charge in [0.1, 0.15) is 5.75 Å². The molecule has 0 aliphatic carbocycles. The number of hydrogen-bond donors (Lipinski definition) is 2. The molecule has 0 heterocycles. The summed E-state index contributed by atoms with van der Waals surface area (Å²) < 4.78 is 43.1. The molecule has 0 aliphatic heterocycles. The van der Waals surface area contributed by atoms with Crippen molar-refractivity contribution in [1.82, 2.24) is 0 Å².